The van der Waals surface area contributed by atoms with Crippen LogP contribution >= 0.6 is 15.9 Å². The average Bonchev–Trinajstić information content (AvgIpc) is 2.41. The fourth-order valence-electron chi connectivity index (χ4n) is 3.41. The van der Waals surface area contributed by atoms with Gasteiger partial charge in [0.2, 0.25) is 15.9 Å². The molecule has 0 saturated carbocycles. The molecule has 0 aromatic heterocycles. The Morgan fingerprint density at radius 1 is 1.29 bits per heavy atom. The summed E-state index contributed by atoms with van der Waals surface area (Å²) in [5, 5.41) is 0. The van der Waals surface area contributed by atoms with Crippen LogP contribution in [0.3, 0.4) is 0 Å². The highest BCUT2D eigenvalue weighted by molar-refractivity contribution is 9.10. The van der Waals surface area contributed by atoms with Gasteiger partial charge in [-0.05, 0) is 51.8 Å². The number of carbonyl (C=O) groups excluding carboxylic acids is 1. The first-order chi connectivity index (χ1) is 11.0. The maximum Gasteiger partial charge on any atom is 0.238 e. The van der Waals surface area contributed by atoms with E-state index in [9.17, 15) is 13.2 Å². The third kappa shape index (κ3) is 3.83. The Kier molecular flexibility index (Phi) is 5.47. The first-order valence-corrected chi connectivity index (χ1v) is 10.4. The molecule has 134 valence electrons. The molecule has 24 heavy (non-hydrogen) atoms. The molecule has 0 N–H and O–H groups in total. The summed E-state index contributed by atoms with van der Waals surface area (Å²) in [6, 6.07) is 5.58. The molecule has 0 aliphatic carbocycles. The highest BCUT2D eigenvalue weighted by atomic mass is 79.9. The Bertz CT molecular complexity index is 744. The van der Waals surface area contributed by atoms with Crippen molar-refractivity contribution < 1.29 is 13.2 Å². The summed E-state index contributed by atoms with van der Waals surface area (Å²) in [5.41, 5.74) is 1.14. The fraction of sp³-hybridized carbons (Fsp3) is 0.588. The molecular weight excluding hydrogens is 392 g/mol. The van der Waals surface area contributed by atoms with E-state index >= 15 is 0 Å². The predicted molar refractivity (Wildman–Crippen MR) is 99.1 cm³/mol. The van der Waals surface area contributed by atoms with Crippen LogP contribution in [0.2, 0.25) is 0 Å². The minimum Gasteiger partial charge on any atom is -0.333 e. The van der Waals surface area contributed by atoms with Crippen LogP contribution in [0.4, 0.5) is 0 Å². The second-order valence-corrected chi connectivity index (χ2v) is 10.0. The van der Waals surface area contributed by atoms with E-state index in [-0.39, 0.29) is 24.2 Å². The molecule has 1 fully saturated rings. The molecule has 0 atom stereocenters. The normalized spacial score (nSPS) is 19.1. The zero-order chi connectivity index (χ0) is 18.3. The predicted octanol–water partition coefficient (Wildman–Crippen LogP) is 2.92. The van der Waals surface area contributed by atoms with E-state index in [0.717, 1.165) is 15.6 Å². The van der Waals surface area contributed by atoms with Crippen molar-refractivity contribution in [1.82, 2.24) is 9.21 Å². The van der Waals surface area contributed by atoms with Gasteiger partial charge in [-0.3, -0.25) is 4.79 Å². The molecular formula is C17H25BrN2O3S. The second-order valence-electron chi connectivity index (χ2n) is 7.22. The van der Waals surface area contributed by atoms with E-state index in [1.165, 1.54) is 4.31 Å². The molecule has 1 aromatic rings. The van der Waals surface area contributed by atoms with Gasteiger partial charge in [0.15, 0.2) is 0 Å². The molecule has 1 aromatic carbocycles. The van der Waals surface area contributed by atoms with Crippen LogP contribution in [0.5, 0.6) is 0 Å². The number of benzene rings is 1. The van der Waals surface area contributed by atoms with Crippen LogP contribution in [0.1, 0.15) is 38.8 Å². The van der Waals surface area contributed by atoms with Crippen molar-refractivity contribution >= 4 is 31.9 Å². The van der Waals surface area contributed by atoms with Crippen molar-refractivity contribution in [3.63, 3.8) is 0 Å². The molecule has 1 aliphatic rings. The Morgan fingerprint density at radius 2 is 1.92 bits per heavy atom. The van der Waals surface area contributed by atoms with Crippen molar-refractivity contribution in [3.05, 3.63) is 33.8 Å². The van der Waals surface area contributed by atoms with Gasteiger partial charge in [0.25, 0.3) is 0 Å². The zero-order valence-corrected chi connectivity index (χ0v) is 17.2. The summed E-state index contributed by atoms with van der Waals surface area (Å²) in [6.45, 7) is 9.85. The van der Waals surface area contributed by atoms with Gasteiger partial charge in [-0.15, -0.1) is 0 Å². The third-order valence-corrected chi connectivity index (χ3v) is 7.00. The lowest BCUT2D eigenvalue weighted by Gasteiger charge is -2.48. The smallest absolute Gasteiger partial charge is 0.238 e. The fourth-order valence-corrected chi connectivity index (χ4v) is 5.52. The number of rotatable bonds is 4. The van der Waals surface area contributed by atoms with Crippen LogP contribution in [-0.2, 0) is 20.6 Å². The molecule has 7 heteroatoms. The lowest BCUT2D eigenvalue weighted by atomic mass is 9.98. The number of halogens is 1. The van der Waals surface area contributed by atoms with E-state index in [2.05, 4.69) is 15.9 Å². The van der Waals surface area contributed by atoms with E-state index in [4.69, 9.17) is 0 Å². The standard InChI is InChI=1S/C17H25BrN2O3S/c1-12(2)20-16(21)9-19(11-17(20,4)5)24(22,23)10-14-7-6-8-15(18)13(14)3/h6-8,12H,9-11H2,1-5H3. The number of amides is 1. The van der Waals surface area contributed by atoms with Gasteiger partial charge in [0, 0.05) is 17.1 Å². The molecule has 0 radical (unpaired) electrons. The molecule has 2 rings (SSSR count). The Morgan fingerprint density at radius 3 is 2.46 bits per heavy atom. The Balaban J connectivity index is 2.28. The Labute approximate surface area is 153 Å². The summed E-state index contributed by atoms with van der Waals surface area (Å²) in [7, 11) is -3.56. The van der Waals surface area contributed by atoms with Gasteiger partial charge in [0.05, 0.1) is 17.8 Å². The maximum atomic E-state index is 12.9. The third-order valence-electron chi connectivity index (χ3n) is 4.42. The first-order valence-electron chi connectivity index (χ1n) is 7.99. The van der Waals surface area contributed by atoms with Gasteiger partial charge >= 0.3 is 0 Å². The minimum atomic E-state index is -3.56. The quantitative estimate of drug-likeness (QED) is 0.757. The molecule has 1 aliphatic heterocycles. The summed E-state index contributed by atoms with van der Waals surface area (Å²) in [5.74, 6) is -0.237. The van der Waals surface area contributed by atoms with Gasteiger partial charge < -0.3 is 4.90 Å². The summed E-state index contributed by atoms with van der Waals surface area (Å²) in [4.78, 5) is 14.3. The summed E-state index contributed by atoms with van der Waals surface area (Å²) >= 11 is 3.43. The topological polar surface area (TPSA) is 57.7 Å². The first kappa shape index (κ1) is 19.4. The van der Waals surface area contributed by atoms with Crippen LogP contribution in [0.25, 0.3) is 0 Å². The van der Waals surface area contributed by atoms with E-state index in [1.54, 1.807) is 4.90 Å². The molecule has 1 heterocycles. The molecule has 1 saturated heterocycles. The number of piperazine rings is 1. The van der Waals surface area contributed by atoms with Crippen LogP contribution < -0.4 is 0 Å². The van der Waals surface area contributed by atoms with Crippen molar-refractivity contribution in [1.29, 1.82) is 0 Å². The maximum absolute atomic E-state index is 12.9. The highest BCUT2D eigenvalue weighted by Gasteiger charge is 2.43. The second kappa shape index (κ2) is 6.77. The van der Waals surface area contributed by atoms with E-state index in [1.807, 2.05) is 52.8 Å². The van der Waals surface area contributed by atoms with Gasteiger partial charge in [-0.2, -0.15) is 4.31 Å². The SMILES string of the molecule is Cc1c(Br)cccc1CS(=O)(=O)N1CC(=O)N(C(C)C)C(C)(C)C1. The average molecular weight is 417 g/mol. The zero-order valence-electron chi connectivity index (χ0n) is 14.8. The van der Waals surface area contributed by atoms with E-state index < -0.39 is 15.6 Å². The minimum absolute atomic E-state index is 0.0460. The molecule has 1 amide bonds. The monoisotopic (exact) mass is 416 g/mol. The van der Waals surface area contributed by atoms with Crippen molar-refractivity contribution in [2.75, 3.05) is 13.1 Å². The lowest BCUT2D eigenvalue weighted by Crippen LogP contribution is -2.64. The van der Waals surface area contributed by atoms with Crippen LogP contribution in [-0.4, -0.2) is 48.2 Å². The van der Waals surface area contributed by atoms with Crippen molar-refractivity contribution in [3.8, 4) is 0 Å². The number of hydrogen-bond donors (Lipinski definition) is 0. The molecule has 5 nitrogen and oxygen atoms in total. The number of sulfonamides is 1. The van der Waals surface area contributed by atoms with E-state index in [0.29, 0.717) is 6.54 Å². The van der Waals surface area contributed by atoms with Crippen molar-refractivity contribution in [2.24, 2.45) is 0 Å². The number of nitrogens with zero attached hydrogens (tertiary/aromatic N) is 2. The van der Waals surface area contributed by atoms with Crippen molar-refractivity contribution in [2.45, 2.75) is 52.0 Å². The number of hydrogen-bond acceptors (Lipinski definition) is 3. The largest absolute Gasteiger partial charge is 0.333 e. The van der Waals surface area contributed by atoms with Crippen LogP contribution in [0.15, 0.2) is 22.7 Å². The van der Waals surface area contributed by atoms with Crippen LogP contribution in [0, 0.1) is 6.92 Å². The Hall–Kier alpha value is -0.920. The summed E-state index contributed by atoms with van der Waals surface area (Å²) < 4.78 is 27.9. The summed E-state index contributed by atoms with van der Waals surface area (Å²) in [6.07, 6.45) is 0. The highest BCUT2D eigenvalue weighted by Crippen LogP contribution is 2.28. The van der Waals surface area contributed by atoms with Gasteiger partial charge in [-0.25, -0.2) is 8.42 Å². The molecule has 0 spiro atoms. The van der Waals surface area contributed by atoms with Gasteiger partial charge in [-0.1, -0.05) is 28.1 Å². The number of carbonyl (C=O) groups is 1. The van der Waals surface area contributed by atoms with Gasteiger partial charge in [0.1, 0.15) is 0 Å². The molecule has 0 unspecified atom stereocenters. The lowest BCUT2D eigenvalue weighted by molar-refractivity contribution is -0.144. The molecule has 0 bridgehead atoms.